The predicted molar refractivity (Wildman–Crippen MR) is 137 cm³/mol. The van der Waals surface area contributed by atoms with Gasteiger partial charge in [-0.25, -0.2) is 4.39 Å². The van der Waals surface area contributed by atoms with Crippen LogP contribution in [0.5, 0.6) is 0 Å². The zero-order valence-corrected chi connectivity index (χ0v) is 22.2. The average molecular weight is 563 g/mol. The van der Waals surface area contributed by atoms with Gasteiger partial charge in [-0.2, -0.15) is 13.2 Å². The lowest BCUT2D eigenvalue weighted by molar-refractivity contribution is -0.144. The molecule has 1 unspecified atom stereocenters. The Balaban J connectivity index is 1.53. The van der Waals surface area contributed by atoms with Gasteiger partial charge in [0.05, 0.1) is 22.5 Å². The molecule has 0 bridgehead atoms. The molecule has 4 rings (SSSR count). The summed E-state index contributed by atoms with van der Waals surface area (Å²) < 4.78 is 53.6. The van der Waals surface area contributed by atoms with E-state index in [4.69, 9.17) is 5.73 Å². The highest BCUT2D eigenvalue weighted by Crippen LogP contribution is 2.51. The number of nitrogens with two attached hydrogens (primary N) is 1. The second-order valence-electron chi connectivity index (χ2n) is 10.7. The summed E-state index contributed by atoms with van der Waals surface area (Å²) in [6, 6.07) is 7.07. The lowest BCUT2D eigenvalue weighted by Gasteiger charge is -2.41. The Hall–Kier alpha value is -3.96. The Labute approximate surface area is 228 Å². The van der Waals surface area contributed by atoms with Crippen LogP contribution in [0.25, 0.3) is 0 Å². The fourth-order valence-corrected chi connectivity index (χ4v) is 5.57. The van der Waals surface area contributed by atoms with Crippen molar-refractivity contribution in [3.05, 3.63) is 65.0 Å². The predicted octanol–water partition coefficient (Wildman–Crippen LogP) is 3.57. The maximum Gasteiger partial charge on any atom is 0.416 e. The molecule has 2 aliphatic heterocycles. The van der Waals surface area contributed by atoms with E-state index in [1.54, 1.807) is 38.1 Å². The second-order valence-corrected chi connectivity index (χ2v) is 10.7. The summed E-state index contributed by atoms with van der Waals surface area (Å²) in [5.41, 5.74) is 3.87. The summed E-state index contributed by atoms with van der Waals surface area (Å²) in [7, 11) is 1.43. The standard InChI is InChI=1S/C28H30F4N4O4/c1-15(2)22(34-23(37)19-14-17(28(30,31)32)6-9-20(19)29)25(39)36-12-10-27(11-13-36)21(24(38)35(3)26(27)40)16-4-7-18(33)8-5-16/h4-9,14-15,21-22H,10-13,33H2,1-3H3,(H,34,37)/t21?,22-/m1/s1. The average Bonchev–Trinajstić information content (AvgIpc) is 3.07. The maximum atomic E-state index is 14.3. The molecule has 1 spiro atoms. The van der Waals surface area contributed by atoms with Crippen LogP contribution in [-0.2, 0) is 20.6 Å². The first-order chi connectivity index (χ1) is 18.7. The van der Waals surface area contributed by atoms with Crippen LogP contribution in [0.1, 0.15) is 54.1 Å². The van der Waals surface area contributed by atoms with Crippen molar-refractivity contribution in [1.29, 1.82) is 0 Å². The van der Waals surface area contributed by atoms with Gasteiger partial charge in [0.2, 0.25) is 17.7 Å². The zero-order chi connectivity index (χ0) is 29.6. The van der Waals surface area contributed by atoms with Crippen molar-refractivity contribution >= 4 is 29.3 Å². The number of alkyl halides is 3. The Morgan fingerprint density at radius 1 is 1.05 bits per heavy atom. The molecule has 2 atom stereocenters. The normalized spacial score (nSPS) is 19.9. The van der Waals surface area contributed by atoms with Crippen LogP contribution in [0.2, 0.25) is 0 Å². The molecule has 2 fully saturated rings. The van der Waals surface area contributed by atoms with E-state index in [1.165, 1.54) is 11.9 Å². The van der Waals surface area contributed by atoms with Crippen LogP contribution in [-0.4, -0.2) is 59.6 Å². The molecular weight excluding hydrogens is 532 g/mol. The van der Waals surface area contributed by atoms with Gasteiger partial charge < -0.3 is 16.0 Å². The van der Waals surface area contributed by atoms with Gasteiger partial charge in [0.15, 0.2) is 0 Å². The molecule has 8 nitrogen and oxygen atoms in total. The van der Waals surface area contributed by atoms with Crippen molar-refractivity contribution in [3.63, 3.8) is 0 Å². The molecule has 2 aromatic carbocycles. The SMILES string of the molecule is CC(C)[C@@H](NC(=O)c1cc(C(F)(F)F)ccc1F)C(=O)N1CCC2(CC1)C(=O)N(C)C(=O)C2c1ccc(N)cc1. The largest absolute Gasteiger partial charge is 0.416 e. The van der Waals surface area contributed by atoms with Crippen LogP contribution >= 0.6 is 0 Å². The number of anilines is 1. The molecule has 0 aromatic heterocycles. The number of nitrogens with zero attached hydrogens (tertiary/aromatic N) is 2. The maximum absolute atomic E-state index is 14.3. The van der Waals surface area contributed by atoms with Gasteiger partial charge in [0.25, 0.3) is 5.91 Å². The minimum Gasteiger partial charge on any atom is -0.399 e. The Morgan fingerprint density at radius 3 is 2.20 bits per heavy atom. The molecule has 214 valence electrons. The van der Waals surface area contributed by atoms with Crippen LogP contribution in [0, 0.1) is 17.2 Å². The van der Waals surface area contributed by atoms with Crippen molar-refractivity contribution in [1.82, 2.24) is 15.1 Å². The number of likely N-dealkylation sites (N-methyl/N-ethyl adjacent to an activating group) is 1. The third-order valence-electron chi connectivity index (χ3n) is 7.86. The number of rotatable bonds is 5. The topological polar surface area (TPSA) is 113 Å². The van der Waals surface area contributed by atoms with Crippen LogP contribution in [0.3, 0.4) is 0 Å². The molecule has 2 saturated heterocycles. The lowest BCUT2D eigenvalue weighted by atomic mass is 9.67. The summed E-state index contributed by atoms with van der Waals surface area (Å²) in [4.78, 5) is 55.2. The summed E-state index contributed by atoms with van der Waals surface area (Å²) in [5.74, 6) is -4.71. The number of carbonyl (C=O) groups excluding carboxylic acids is 4. The fraction of sp³-hybridized carbons (Fsp3) is 0.429. The lowest BCUT2D eigenvalue weighted by Crippen LogP contribution is -2.55. The number of hydrogen-bond acceptors (Lipinski definition) is 5. The molecule has 40 heavy (non-hydrogen) atoms. The van der Waals surface area contributed by atoms with E-state index in [0.717, 1.165) is 4.90 Å². The highest BCUT2D eigenvalue weighted by molar-refractivity contribution is 6.10. The van der Waals surface area contributed by atoms with E-state index in [1.807, 2.05) is 0 Å². The van der Waals surface area contributed by atoms with Crippen molar-refractivity contribution in [2.75, 3.05) is 25.9 Å². The summed E-state index contributed by atoms with van der Waals surface area (Å²) in [5, 5.41) is 2.39. The highest BCUT2D eigenvalue weighted by Gasteiger charge is 2.59. The molecule has 0 aliphatic carbocycles. The fourth-order valence-electron chi connectivity index (χ4n) is 5.57. The van der Waals surface area contributed by atoms with Crippen LogP contribution in [0.15, 0.2) is 42.5 Å². The van der Waals surface area contributed by atoms with Gasteiger partial charge in [-0.3, -0.25) is 24.1 Å². The minimum atomic E-state index is -4.78. The monoisotopic (exact) mass is 562 g/mol. The van der Waals surface area contributed by atoms with E-state index in [2.05, 4.69) is 5.32 Å². The number of carbonyl (C=O) groups is 4. The van der Waals surface area contributed by atoms with Gasteiger partial charge in [-0.15, -0.1) is 0 Å². The first-order valence-corrected chi connectivity index (χ1v) is 12.8. The van der Waals surface area contributed by atoms with E-state index in [9.17, 15) is 36.7 Å². The van der Waals surface area contributed by atoms with Crippen LogP contribution in [0.4, 0.5) is 23.2 Å². The van der Waals surface area contributed by atoms with Gasteiger partial charge >= 0.3 is 6.18 Å². The van der Waals surface area contributed by atoms with Gasteiger partial charge in [-0.05, 0) is 54.7 Å². The van der Waals surface area contributed by atoms with Crippen molar-refractivity contribution < 1.29 is 36.7 Å². The number of nitrogens with one attached hydrogen (secondary N) is 1. The van der Waals surface area contributed by atoms with Crippen molar-refractivity contribution in [2.45, 2.75) is 44.8 Å². The minimum absolute atomic E-state index is 0.105. The third kappa shape index (κ3) is 5.14. The quantitative estimate of drug-likeness (QED) is 0.329. The van der Waals surface area contributed by atoms with Crippen LogP contribution < -0.4 is 11.1 Å². The summed E-state index contributed by atoms with van der Waals surface area (Å²) in [6.07, 6.45) is -4.41. The molecule has 2 aliphatic rings. The molecule has 4 amide bonds. The molecule has 12 heteroatoms. The van der Waals surface area contributed by atoms with Crippen molar-refractivity contribution in [2.24, 2.45) is 11.3 Å². The van der Waals surface area contributed by atoms with Gasteiger partial charge in [0, 0.05) is 25.8 Å². The number of likely N-dealkylation sites (tertiary alicyclic amines) is 2. The Morgan fingerprint density at radius 2 is 1.65 bits per heavy atom. The van der Waals surface area contributed by atoms with Gasteiger partial charge in [0.1, 0.15) is 11.9 Å². The number of imide groups is 1. The Kier molecular flexibility index (Phi) is 7.66. The first-order valence-electron chi connectivity index (χ1n) is 12.8. The Bertz CT molecular complexity index is 1330. The zero-order valence-electron chi connectivity index (χ0n) is 22.2. The summed E-state index contributed by atoms with van der Waals surface area (Å²) in [6.45, 7) is 3.49. The number of nitrogen functional groups attached to an aromatic ring is 1. The van der Waals surface area contributed by atoms with E-state index >= 15 is 0 Å². The second kappa shape index (κ2) is 10.5. The molecular formula is C28H30F4N4O4. The van der Waals surface area contributed by atoms with E-state index < -0.39 is 58.2 Å². The molecule has 2 aromatic rings. The third-order valence-corrected chi connectivity index (χ3v) is 7.86. The number of hydrogen-bond donors (Lipinski definition) is 2. The molecule has 3 N–H and O–H groups in total. The number of piperidine rings is 1. The number of benzene rings is 2. The smallest absolute Gasteiger partial charge is 0.399 e. The molecule has 0 radical (unpaired) electrons. The summed E-state index contributed by atoms with van der Waals surface area (Å²) >= 11 is 0. The van der Waals surface area contributed by atoms with E-state index in [0.29, 0.717) is 29.4 Å². The highest BCUT2D eigenvalue weighted by atomic mass is 19.4. The van der Waals surface area contributed by atoms with Crippen molar-refractivity contribution in [3.8, 4) is 0 Å². The first kappa shape index (κ1) is 29.0. The van der Waals surface area contributed by atoms with Gasteiger partial charge in [-0.1, -0.05) is 26.0 Å². The molecule has 0 saturated carbocycles. The van der Waals surface area contributed by atoms with E-state index in [-0.39, 0.29) is 37.7 Å². The molecule has 2 heterocycles. The number of amides is 4. The number of halogens is 4.